The molecule has 4 rings (SSSR count). The fourth-order valence-corrected chi connectivity index (χ4v) is 3.91. The van der Waals surface area contributed by atoms with Crippen LogP contribution in [0.15, 0.2) is 18.2 Å². The molecule has 2 fully saturated rings. The van der Waals surface area contributed by atoms with Gasteiger partial charge in [-0.05, 0) is 57.6 Å². The maximum atomic E-state index is 13.3. The summed E-state index contributed by atoms with van der Waals surface area (Å²) in [5.41, 5.74) is 0.682. The minimum Gasteiger partial charge on any atom is -0.454 e. The summed E-state index contributed by atoms with van der Waals surface area (Å²) < 4.78 is 16.3. The lowest BCUT2D eigenvalue weighted by molar-refractivity contribution is 0.0536. The molecule has 1 amide bonds. The van der Waals surface area contributed by atoms with Crippen LogP contribution in [-0.4, -0.2) is 68.4 Å². The van der Waals surface area contributed by atoms with Crippen molar-refractivity contribution < 1.29 is 19.0 Å². The van der Waals surface area contributed by atoms with Crippen LogP contribution in [-0.2, 0) is 4.74 Å². The summed E-state index contributed by atoms with van der Waals surface area (Å²) in [5, 5.41) is 0. The van der Waals surface area contributed by atoms with Gasteiger partial charge >= 0.3 is 0 Å². The van der Waals surface area contributed by atoms with Crippen LogP contribution in [0.25, 0.3) is 0 Å². The Kier molecular flexibility index (Phi) is 4.81. The van der Waals surface area contributed by atoms with E-state index in [2.05, 4.69) is 16.8 Å². The first kappa shape index (κ1) is 16.7. The Morgan fingerprint density at radius 1 is 1.20 bits per heavy atom. The monoisotopic (exact) mass is 346 g/mol. The molecule has 1 aromatic rings. The lowest BCUT2D eigenvalue weighted by Gasteiger charge is -2.38. The van der Waals surface area contributed by atoms with Crippen molar-refractivity contribution in [2.24, 2.45) is 5.92 Å². The molecule has 1 aromatic carbocycles. The van der Waals surface area contributed by atoms with Crippen molar-refractivity contribution in [2.45, 2.75) is 25.3 Å². The van der Waals surface area contributed by atoms with Gasteiger partial charge in [-0.1, -0.05) is 0 Å². The number of nitrogens with zero attached hydrogens (tertiary/aromatic N) is 2. The summed E-state index contributed by atoms with van der Waals surface area (Å²) in [4.78, 5) is 17.7. The Bertz CT molecular complexity index is 622. The molecule has 1 unspecified atom stereocenters. The number of likely N-dealkylation sites (tertiary alicyclic amines) is 1. The van der Waals surface area contributed by atoms with Crippen molar-refractivity contribution in [3.8, 4) is 11.5 Å². The SMILES string of the molecule is CN1CCC(N(CC2CCOC2)C(=O)c2ccc3c(c2)OCO3)CC1. The van der Waals surface area contributed by atoms with Gasteiger partial charge < -0.3 is 24.0 Å². The number of hydrogen-bond donors (Lipinski definition) is 0. The third-order valence-corrected chi connectivity index (χ3v) is 5.49. The molecule has 1 atom stereocenters. The van der Waals surface area contributed by atoms with Gasteiger partial charge in [0, 0.05) is 30.7 Å². The zero-order valence-electron chi connectivity index (χ0n) is 14.8. The third-order valence-electron chi connectivity index (χ3n) is 5.49. The quantitative estimate of drug-likeness (QED) is 0.834. The molecule has 25 heavy (non-hydrogen) atoms. The highest BCUT2D eigenvalue weighted by atomic mass is 16.7. The second-order valence-corrected chi connectivity index (χ2v) is 7.29. The van der Waals surface area contributed by atoms with Crippen molar-refractivity contribution in [1.82, 2.24) is 9.80 Å². The maximum absolute atomic E-state index is 13.3. The molecule has 0 radical (unpaired) electrons. The van der Waals surface area contributed by atoms with E-state index in [0.717, 1.165) is 52.1 Å². The van der Waals surface area contributed by atoms with Gasteiger partial charge in [-0.25, -0.2) is 0 Å². The normalized spacial score (nSPS) is 23.8. The number of rotatable bonds is 4. The molecule has 2 saturated heterocycles. The number of carbonyl (C=O) groups excluding carboxylic acids is 1. The first-order valence-electron chi connectivity index (χ1n) is 9.17. The Morgan fingerprint density at radius 2 is 2.00 bits per heavy atom. The van der Waals surface area contributed by atoms with Crippen LogP contribution in [0, 0.1) is 5.92 Å². The third kappa shape index (κ3) is 3.60. The van der Waals surface area contributed by atoms with Gasteiger partial charge in [0.15, 0.2) is 11.5 Å². The zero-order valence-corrected chi connectivity index (χ0v) is 14.8. The molecule has 0 saturated carbocycles. The Morgan fingerprint density at radius 3 is 2.76 bits per heavy atom. The summed E-state index contributed by atoms with van der Waals surface area (Å²) in [6.07, 6.45) is 3.10. The number of amides is 1. The zero-order chi connectivity index (χ0) is 17.2. The minimum absolute atomic E-state index is 0.0970. The molecule has 0 aliphatic carbocycles. The largest absolute Gasteiger partial charge is 0.454 e. The van der Waals surface area contributed by atoms with Gasteiger partial charge in [-0.15, -0.1) is 0 Å². The number of carbonyl (C=O) groups is 1. The Hall–Kier alpha value is -1.79. The molecular weight excluding hydrogens is 320 g/mol. The first-order valence-corrected chi connectivity index (χ1v) is 9.17. The van der Waals surface area contributed by atoms with Gasteiger partial charge in [-0.3, -0.25) is 4.79 Å². The van der Waals surface area contributed by atoms with Gasteiger partial charge in [0.1, 0.15) is 0 Å². The Balaban J connectivity index is 1.54. The van der Waals surface area contributed by atoms with E-state index in [1.165, 1.54) is 0 Å². The van der Waals surface area contributed by atoms with Crippen molar-refractivity contribution in [3.05, 3.63) is 23.8 Å². The summed E-state index contributed by atoms with van der Waals surface area (Å²) >= 11 is 0. The molecule has 6 heteroatoms. The molecule has 6 nitrogen and oxygen atoms in total. The van der Waals surface area contributed by atoms with Crippen molar-refractivity contribution >= 4 is 5.91 Å². The van der Waals surface area contributed by atoms with E-state index in [1.807, 2.05) is 18.2 Å². The van der Waals surface area contributed by atoms with Gasteiger partial charge in [0.2, 0.25) is 6.79 Å². The predicted octanol–water partition coefficient (Wildman–Crippen LogP) is 1.99. The van der Waals surface area contributed by atoms with Gasteiger partial charge in [0.05, 0.1) is 6.61 Å². The topological polar surface area (TPSA) is 51.2 Å². The van der Waals surface area contributed by atoms with Crippen LogP contribution in [0.1, 0.15) is 29.6 Å². The molecule has 3 heterocycles. The summed E-state index contributed by atoms with van der Waals surface area (Å²) in [5.74, 6) is 1.92. The maximum Gasteiger partial charge on any atom is 0.254 e. The Labute approximate surface area is 148 Å². The lowest BCUT2D eigenvalue weighted by Crippen LogP contribution is -2.48. The highest BCUT2D eigenvalue weighted by Crippen LogP contribution is 2.33. The summed E-state index contributed by atoms with van der Waals surface area (Å²) in [6.45, 7) is 4.65. The van der Waals surface area contributed by atoms with Crippen LogP contribution in [0.2, 0.25) is 0 Å². The molecule has 3 aliphatic heterocycles. The predicted molar refractivity (Wildman–Crippen MR) is 93.0 cm³/mol. The van der Waals surface area contributed by atoms with Gasteiger partial charge in [0.25, 0.3) is 5.91 Å². The van der Waals surface area contributed by atoms with Crippen LogP contribution >= 0.6 is 0 Å². The standard InChI is InChI=1S/C19H26N2O4/c1-20-7-4-16(5-8-20)21(11-14-6-9-23-12-14)19(22)15-2-3-17-18(10-15)25-13-24-17/h2-3,10,14,16H,4-9,11-13H2,1H3. The average Bonchev–Trinajstić information content (AvgIpc) is 3.31. The molecule has 3 aliphatic rings. The second kappa shape index (κ2) is 7.22. The molecule has 136 valence electrons. The van der Waals surface area contributed by atoms with E-state index >= 15 is 0 Å². The molecule has 0 bridgehead atoms. The van der Waals surface area contributed by atoms with Crippen molar-refractivity contribution in [1.29, 1.82) is 0 Å². The highest BCUT2D eigenvalue weighted by Gasteiger charge is 2.31. The number of piperidine rings is 1. The van der Waals surface area contributed by atoms with E-state index < -0.39 is 0 Å². The van der Waals surface area contributed by atoms with Crippen LogP contribution in [0.5, 0.6) is 11.5 Å². The fraction of sp³-hybridized carbons (Fsp3) is 0.632. The van der Waals surface area contributed by atoms with Crippen molar-refractivity contribution in [2.75, 3.05) is 46.7 Å². The van der Waals surface area contributed by atoms with Crippen LogP contribution in [0.4, 0.5) is 0 Å². The number of hydrogen-bond acceptors (Lipinski definition) is 5. The van der Waals surface area contributed by atoms with E-state index in [0.29, 0.717) is 29.0 Å². The molecular formula is C19H26N2O4. The lowest BCUT2D eigenvalue weighted by atomic mass is 9.99. The molecule has 0 spiro atoms. The fourth-order valence-electron chi connectivity index (χ4n) is 3.91. The summed E-state index contributed by atoms with van der Waals surface area (Å²) in [7, 11) is 2.14. The summed E-state index contributed by atoms with van der Waals surface area (Å²) in [6, 6.07) is 5.80. The highest BCUT2D eigenvalue weighted by molar-refractivity contribution is 5.95. The number of benzene rings is 1. The average molecular weight is 346 g/mol. The van der Waals surface area contributed by atoms with E-state index in [1.54, 1.807) is 0 Å². The molecule has 0 aromatic heterocycles. The molecule has 0 N–H and O–H groups in total. The smallest absolute Gasteiger partial charge is 0.254 e. The number of ether oxygens (including phenoxy) is 3. The van der Waals surface area contributed by atoms with E-state index in [4.69, 9.17) is 14.2 Å². The van der Waals surface area contributed by atoms with E-state index in [9.17, 15) is 4.79 Å². The van der Waals surface area contributed by atoms with E-state index in [-0.39, 0.29) is 12.7 Å². The van der Waals surface area contributed by atoms with Crippen LogP contribution < -0.4 is 9.47 Å². The minimum atomic E-state index is 0.0970. The van der Waals surface area contributed by atoms with Crippen LogP contribution in [0.3, 0.4) is 0 Å². The first-order chi connectivity index (χ1) is 12.2. The van der Waals surface area contributed by atoms with Gasteiger partial charge in [-0.2, -0.15) is 0 Å². The van der Waals surface area contributed by atoms with Crippen molar-refractivity contribution in [3.63, 3.8) is 0 Å². The second-order valence-electron chi connectivity index (χ2n) is 7.29. The number of fused-ring (bicyclic) bond motifs is 1.